The highest BCUT2D eigenvalue weighted by molar-refractivity contribution is 5.98. The quantitative estimate of drug-likeness (QED) is 0.831. The molecule has 2 rings (SSSR count). The minimum atomic E-state index is -0.175. The smallest absolute Gasteiger partial charge is 0.240 e. The molecule has 0 atom stereocenters. The van der Waals surface area contributed by atoms with Crippen LogP contribution in [-0.4, -0.2) is 32.0 Å². The van der Waals surface area contributed by atoms with Crippen LogP contribution in [0, 0.1) is 13.8 Å². The summed E-state index contributed by atoms with van der Waals surface area (Å²) in [4.78, 5) is 26.0. The first-order chi connectivity index (χ1) is 12.4. The predicted octanol–water partition coefficient (Wildman–Crippen LogP) is 3.02. The summed E-state index contributed by atoms with van der Waals surface area (Å²) in [6.07, 6.45) is 0.701. The maximum absolute atomic E-state index is 12.3. The van der Waals surface area contributed by atoms with Gasteiger partial charge in [-0.1, -0.05) is 30.3 Å². The van der Waals surface area contributed by atoms with Gasteiger partial charge >= 0.3 is 0 Å². The van der Waals surface area contributed by atoms with E-state index in [0.717, 1.165) is 28.1 Å². The second-order valence-electron chi connectivity index (χ2n) is 6.30. The van der Waals surface area contributed by atoms with Crippen molar-refractivity contribution < 1.29 is 14.3 Å². The van der Waals surface area contributed by atoms with E-state index in [1.165, 1.54) is 11.8 Å². The largest absolute Gasteiger partial charge is 0.497 e. The summed E-state index contributed by atoms with van der Waals surface area (Å²) in [5.74, 6) is 0.475. The van der Waals surface area contributed by atoms with Crippen LogP contribution in [0.3, 0.4) is 0 Å². The van der Waals surface area contributed by atoms with Gasteiger partial charge in [0.05, 0.1) is 12.8 Å². The van der Waals surface area contributed by atoms with Crippen LogP contribution in [0.1, 0.15) is 23.6 Å². The second-order valence-corrected chi connectivity index (χ2v) is 6.30. The lowest BCUT2D eigenvalue weighted by Crippen LogP contribution is -2.41. The number of anilines is 1. The Kier molecular flexibility index (Phi) is 6.78. The van der Waals surface area contributed by atoms with Gasteiger partial charge in [0.2, 0.25) is 11.8 Å². The van der Waals surface area contributed by atoms with Crippen molar-refractivity contribution in [1.29, 1.82) is 0 Å². The minimum Gasteiger partial charge on any atom is -0.497 e. The molecule has 0 aliphatic heterocycles. The highest BCUT2D eigenvalue weighted by Gasteiger charge is 2.19. The van der Waals surface area contributed by atoms with Crippen LogP contribution in [0.15, 0.2) is 42.5 Å². The van der Waals surface area contributed by atoms with E-state index in [4.69, 9.17) is 4.74 Å². The Balaban J connectivity index is 1.97. The third-order valence-electron chi connectivity index (χ3n) is 4.26. The van der Waals surface area contributed by atoms with Gasteiger partial charge in [0.25, 0.3) is 0 Å². The van der Waals surface area contributed by atoms with Crippen LogP contribution < -0.4 is 15.0 Å². The molecule has 2 aromatic carbocycles. The van der Waals surface area contributed by atoms with Crippen molar-refractivity contribution in [3.8, 4) is 5.75 Å². The van der Waals surface area contributed by atoms with Crippen molar-refractivity contribution in [3.63, 3.8) is 0 Å². The molecule has 0 aromatic heterocycles. The SMILES string of the molecule is COc1cccc(CCNC(=O)CN(C(C)=O)c2c(C)cccc2C)c1. The van der Waals surface area contributed by atoms with Crippen molar-refractivity contribution in [2.45, 2.75) is 27.2 Å². The molecular weight excluding hydrogens is 328 g/mol. The Bertz CT molecular complexity index is 766. The first-order valence-electron chi connectivity index (χ1n) is 8.66. The Morgan fingerprint density at radius 1 is 1.08 bits per heavy atom. The van der Waals surface area contributed by atoms with Gasteiger partial charge in [-0.2, -0.15) is 0 Å². The number of hydrogen-bond acceptors (Lipinski definition) is 3. The van der Waals surface area contributed by atoms with Crippen LogP contribution in [0.2, 0.25) is 0 Å². The third kappa shape index (κ3) is 5.09. The van der Waals surface area contributed by atoms with Crippen molar-refractivity contribution in [2.75, 3.05) is 25.1 Å². The zero-order valence-electron chi connectivity index (χ0n) is 15.8. The molecule has 0 fully saturated rings. The average Bonchev–Trinajstić information content (AvgIpc) is 2.60. The van der Waals surface area contributed by atoms with Crippen molar-refractivity contribution >= 4 is 17.5 Å². The standard InChI is InChI=1S/C21H26N2O3/c1-15-7-5-8-16(2)21(15)23(17(3)24)14-20(25)22-12-11-18-9-6-10-19(13-18)26-4/h5-10,13H,11-12,14H2,1-4H3,(H,22,25). The molecule has 0 saturated heterocycles. The van der Waals surface area contributed by atoms with Gasteiger partial charge in [0.1, 0.15) is 12.3 Å². The molecule has 2 amide bonds. The van der Waals surface area contributed by atoms with Crippen molar-refractivity contribution in [2.24, 2.45) is 0 Å². The first-order valence-corrected chi connectivity index (χ1v) is 8.66. The van der Waals surface area contributed by atoms with Gasteiger partial charge < -0.3 is 15.0 Å². The first kappa shape index (κ1) is 19.5. The monoisotopic (exact) mass is 354 g/mol. The fraction of sp³-hybridized carbons (Fsp3) is 0.333. The molecule has 0 aliphatic carbocycles. The summed E-state index contributed by atoms with van der Waals surface area (Å²) < 4.78 is 5.20. The van der Waals surface area contributed by atoms with E-state index in [1.807, 2.05) is 56.3 Å². The molecule has 0 aliphatic rings. The lowest BCUT2D eigenvalue weighted by Gasteiger charge is -2.24. The van der Waals surface area contributed by atoms with Crippen LogP contribution in [0.25, 0.3) is 0 Å². The number of amides is 2. The molecule has 1 N–H and O–H groups in total. The zero-order valence-corrected chi connectivity index (χ0v) is 15.8. The molecule has 5 nitrogen and oxygen atoms in total. The van der Waals surface area contributed by atoms with Gasteiger partial charge in [-0.25, -0.2) is 0 Å². The third-order valence-corrected chi connectivity index (χ3v) is 4.26. The Morgan fingerprint density at radius 3 is 2.35 bits per heavy atom. The number of para-hydroxylation sites is 1. The van der Waals surface area contributed by atoms with E-state index in [1.54, 1.807) is 7.11 Å². The maximum atomic E-state index is 12.3. The number of benzene rings is 2. The molecule has 0 saturated carbocycles. The molecule has 0 bridgehead atoms. The Hall–Kier alpha value is -2.82. The summed E-state index contributed by atoms with van der Waals surface area (Å²) >= 11 is 0. The molecule has 138 valence electrons. The number of hydrogen-bond donors (Lipinski definition) is 1. The normalized spacial score (nSPS) is 10.3. The number of ether oxygens (including phenoxy) is 1. The van der Waals surface area contributed by atoms with Crippen molar-refractivity contribution in [1.82, 2.24) is 5.32 Å². The van der Waals surface area contributed by atoms with E-state index in [0.29, 0.717) is 13.0 Å². The fourth-order valence-corrected chi connectivity index (χ4v) is 2.95. The van der Waals surface area contributed by atoms with Gasteiger partial charge in [0.15, 0.2) is 0 Å². The fourth-order valence-electron chi connectivity index (χ4n) is 2.95. The van der Waals surface area contributed by atoms with E-state index in [9.17, 15) is 9.59 Å². The van der Waals surface area contributed by atoms with Gasteiger partial charge in [-0.05, 0) is 49.1 Å². The minimum absolute atomic E-state index is 0.0130. The molecule has 2 aromatic rings. The molecule has 0 radical (unpaired) electrons. The highest BCUT2D eigenvalue weighted by atomic mass is 16.5. The van der Waals surface area contributed by atoms with Gasteiger partial charge in [-0.3, -0.25) is 9.59 Å². The summed E-state index contributed by atoms with van der Waals surface area (Å²) in [6.45, 7) is 5.89. The van der Waals surface area contributed by atoms with E-state index in [2.05, 4.69) is 5.32 Å². The maximum Gasteiger partial charge on any atom is 0.240 e. The molecule has 0 heterocycles. The summed E-state index contributed by atoms with van der Waals surface area (Å²) in [5, 5.41) is 2.89. The lowest BCUT2D eigenvalue weighted by atomic mass is 10.1. The van der Waals surface area contributed by atoms with Crippen molar-refractivity contribution in [3.05, 3.63) is 59.2 Å². The predicted molar refractivity (Wildman–Crippen MR) is 104 cm³/mol. The number of aryl methyl sites for hydroxylation is 2. The van der Waals surface area contributed by atoms with Crippen LogP contribution in [0.4, 0.5) is 5.69 Å². The van der Waals surface area contributed by atoms with Crippen LogP contribution in [0.5, 0.6) is 5.75 Å². The molecule has 5 heteroatoms. The van der Waals surface area contributed by atoms with Crippen LogP contribution >= 0.6 is 0 Å². The van der Waals surface area contributed by atoms with E-state index in [-0.39, 0.29) is 18.4 Å². The molecular formula is C21H26N2O3. The average molecular weight is 354 g/mol. The molecule has 0 unspecified atom stereocenters. The number of nitrogens with zero attached hydrogens (tertiary/aromatic N) is 1. The summed E-state index contributed by atoms with van der Waals surface area (Å²) in [6, 6.07) is 13.6. The van der Waals surface area contributed by atoms with E-state index >= 15 is 0 Å². The van der Waals surface area contributed by atoms with E-state index < -0.39 is 0 Å². The summed E-state index contributed by atoms with van der Waals surface area (Å²) in [5.41, 5.74) is 3.85. The second kappa shape index (κ2) is 9.04. The number of nitrogens with one attached hydrogen (secondary N) is 1. The summed E-state index contributed by atoms with van der Waals surface area (Å²) in [7, 11) is 1.63. The Labute approximate surface area is 155 Å². The Morgan fingerprint density at radius 2 is 1.73 bits per heavy atom. The number of carbonyl (C=O) groups is 2. The topological polar surface area (TPSA) is 58.6 Å². The number of rotatable bonds is 7. The molecule has 26 heavy (non-hydrogen) atoms. The lowest BCUT2D eigenvalue weighted by molar-refractivity contribution is -0.123. The van der Waals surface area contributed by atoms with Gasteiger partial charge in [0, 0.05) is 13.5 Å². The van der Waals surface area contributed by atoms with Gasteiger partial charge in [-0.15, -0.1) is 0 Å². The molecule has 0 spiro atoms. The van der Waals surface area contributed by atoms with Crippen LogP contribution in [-0.2, 0) is 16.0 Å². The number of methoxy groups -OCH3 is 1. The number of carbonyl (C=O) groups excluding carboxylic acids is 2. The highest BCUT2D eigenvalue weighted by Crippen LogP contribution is 2.24. The zero-order chi connectivity index (χ0) is 19.1.